The molecule has 2 saturated carbocycles. The maximum atomic E-state index is 15.3. The zero-order valence-electron chi connectivity index (χ0n) is 19.5. The van der Waals surface area contributed by atoms with Gasteiger partial charge in [-0.3, -0.25) is 0 Å². The highest BCUT2D eigenvalue weighted by Crippen LogP contribution is 2.51. The molecule has 190 valence electrons. The Kier molecular flexibility index (Phi) is 6.96. The Hall–Kier alpha value is -2.65. The van der Waals surface area contributed by atoms with E-state index in [1.165, 1.54) is 31.8 Å². The molecule has 4 nitrogen and oxygen atoms in total. The van der Waals surface area contributed by atoms with Crippen LogP contribution in [0.5, 0.6) is 11.5 Å². The first-order valence-electron chi connectivity index (χ1n) is 12.3. The number of nitrogens with zero attached hydrogens (tertiary/aromatic N) is 1. The van der Waals surface area contributed by atoms with Crippen molar-refractivity contribution in [1.82, 2.24) is 0 Å². The second kappa shape index (κ2) is 10.0. The van der Waals surface area contributed by atoms with Gasteiger partial charge in [-0.05, 0) is 74.4 Å². The van der Waals surface area contributed by atoms with Gasteiger partial charge in [-0.25, -0.2) is 22.4 Å². The fourth-order valence-corrected chi connectivity index (χ4v) is 6.62. The Bertz CT molecular complexity index is 1220. The summed E-state index contributed by atoms with van der Waals surface area (Å²) in [5.41, 5.74) is -0.722. The number of ether oxygens (including phenoxy) is 2. The number of nitriles is 1. The van der Waals surface area contributed by atoms with Crippen LogP contribution < -0.4 is 9.47 Å². The van der Waals surface area contributed by atoms with Gasteiger partial charge in [-0.1, -0.05) is 0 Å². The summed E-state index contributed by atoms with van der Waals surface area (Å²) in [4.78, 5) is 12.6. The molecule has 2 fully saturated rings. The molecule has 5 rings (SSSR count). The minimum atomic E-state index is -1.45. The summed E-state index contributed by atoms with van der Waals surface area (Å²) in [7, 11) is 2.92. The largest absolute Gasteiger partial charge is 0.490 e. The monoisotopic (exact) mass is 519 g/mol. The highest BCUT2D eigenvalue weighted by atomic mass is 31.0. The Morgan fingerprint density at radius 1 is 0.944 bits per heavy atom. The van der Waals surface area contributed by atoms with Gasteiger partial charge in [0.05, 0.1) is 6.61 Å². The number of halogens is 4. The van der Waals surface area contributed by atoms with Crippen molar-refractivity contribution in [3.05, 3.63) is 58.2 Å². The Morgan fingerprint density at radius 3 is 2.28 bits per heavy atom. The topological polar surface area (TPSA) is 59.3 Å². The smallest absolute Gasteiger partial charge is 0.349 e. The first-order valence-corrected chi connectivity index (χ1v) is 12.9. The number of benzene rings is 2. The molecule has 0 spiro atoms. The molecule has 0 N–H and O–H groups in total. The van der Waals surface area contributed by atoms with Gasteiger partial charge >= 0.3 is 5.97 Å². The van der Waals surface area contributed by atoms with E-state index in [1.54, 1.807) is 0 Å². The summed E-state index contributed by atoms with van der Waals surface area (Å²) >= 11 is 0. The van der Waals surface area contributed by atoms with E-state index in [1.807, 2.05) is 0 Å². The third-order valence-electron chi connectivity index (χ3n) is 8.09. The summed E-state index contributed by atoms with van der Waals surface area (Å²) in [6.07, 6.45) is 7.63. The molecular formula is C27H26F4NO3P. The first kappa shape index (κ1) is 25.0. The molecule has 0 amide bonds. The molecule has 0 radical (unpaired) electrons. The van der Waals surface area contributed by atoms with E-state index in [2.05, 4.69) is 9.24 Å². The maximum Gasteiger partial charge on any atom is 0.349 e. The SMILES string of the molecule is N#Cc1c(F)cc(OC(=O)c2c(F)cc3c(c2F)OCC2CC(C4CCC(P)CC4)CCC32)cc1F. The summed E-state index contributed by atoms with van der Waals surface area (Å²) in [6.45, 7) is 0.288. The quantitative estimate of drug-likeness (QED) is 0.197. The highest BCUT2D eigenvalue weighted by molar-refractivity contribution is 7.17. The lowest BCUT2D eigenvalue weighted by molar-refractivity contribution is 0.0714. The Balaban J connectivity index is 1.35. The molecule has 0 bridgehead atoms. The summed E-state index contributed by atoms with van der Waals surface area (Å²) in [5.74, 6) is -5.64. The number of hydrogen-bond acceptors (Lipinski definition) is 4. The van der Waals surface area contributed by atoms with Crippen molar-refractivity contribution in [1.29, 1.82) is 5.26 Å². The molecule has 0 saturated heterocycles. The van der Waals surface area contributed by atoms with E-state index < -0.39 is 46.1 Å². The van der Waals surface area contributed by atoms with Gasteiger partial charge < -0.3 is 9.47 Å². The molecule has 2 aliphatic carbocycles. The lowest BCUT2D eigenvalue weighted by atomic mass is 9.65. The zero-order chi connectivity index (χ0) is 25.6. The van der Waals surface area contributed by atoms with Gasteiger partial charge in [-0.2, -0.15) is 5.26 Å². The normalized spacial score (nSPS) is 27.3. The van der Waals surface area contributed by atoms with Crippen LogP contribution in [0.25, 0.3) is 0 Å². The molecule has 36 heavy (non-hydrogen) atoms. The average Bonchev–Trinajstić information content (AvgIpc) is 2.84. The van der Waals surface area contributed by atoms with Crippen LogP contribution in [0, 0.1) is 52.4 Å². The molecule has 1 aliphatic heterocycles. The van der Waals surface area contributed by atoms with E-state index in [0.717, 1.165) is 25.3 Å². The molecule has 4 atom stereocenters. The third kappa shape index (κ3) is 4.59. The molecule has 0 aromatic heterocycles. The van der Waals surface area contributed by atoms with Gasteiger partial charge in [-0.15, -0.1) is 9.24 Å². The fraction of sp³-hybridized carbons (Fsp3) is 0.481. The van der Waals surface area contributed by atoms with E-state index >= 15 is 8.78 Å². The lowest BCUT2D eigenvalue weighted by Crippen LogP contribution is -2.36. The molecule has 1 heterocycles. The van der Waals surface area contributed by atoms with Gasteiger partial charge in [0.25, 0.3) is 0 Å². The number of carbonyl (C=O) groups is 1. The van der Waals surface area contributed by atoms with Crippen LogP contribution in [-0.4, -0.2) is 18.2 Å². The molecule has 3 aliphatic rings. The number of carbonyl (C=O) groups excluding carboxylic acids is 1. The Morgan fingerprint density at radius 2 is 1.61 bits per heavy atom. The Labute approximate surface area is 209 Å². The van der Waals surface area contributed by atoms with Crippen molar-refractivity contribution in [2.75, 3.05) is 6.61 Å². The molecule has 2 aromatic carbocycles. The zero-order valence-corrected chi connectivity index (χ0v) is 20.7. The van der Waals surface area contributed by atoms with Crippen molar-refractivity contribution >= 4 is 15.2 Å². The second-order valence-electron chi connectivity index (χ2n) is 10.2. The number of hydrogen-bond donors (Lipinski definition) is 0. The van der Waals surface area contributed by atoms with Gasteiger partial charge in [0, 0.05) is 23.6 Å². The second-order valence-corrected chi connectivity index (χ2v) is 11.1. The molecular weight excluding hydrogens is 493 g/mol. The van der Waals surface area contributed by atoms with E-state index in [0.29, 0.717) is 35.2 Å². The van der Waals surface area contributed by atoms with E-state index in [-0.39, 0.29) is 24.2 Å². The molecule has 9 heteroatoms. The molecule has 2 aromatic rings. The number of esters is 1. The number of rotatable bonds is 3. The van der Waals surface area contributed by atoms with Crippen molar-refractivity contribution < 1.29 is 31.8 Å². The standard InChI is InChI=1S/C27H26F4NO3P/c28-21-8-16(9-22(29)20(21)11-32)35-27(33)24-23(30)10-19-18-6-3-14(13-1-4-17(36)5-2-13)7-15(18)12-34-26(19)25(24)31/h8-10,13-15,17-18H,1-7,12,36H2. The van der Waals surface area contributed by atoms with E-state index in [9.17, 15) is 13.6 Å². The van der Waals surface area contributed by atoms with Crippen molar-refractivity contribution in [2.24, 2.45) is 17.8 Å². The number of fused-ring (bicyclic) bond motifs is 3. The maximum absolute atomic E-state index is 15.3. The predicted molar refractivity (Wildman–Crippen MR) is 127 cm³/mol. The van der Waals surface area contributed by atoms with Gasteiger partial charge in [0.2, 0.25) is 0 Å². The van der Waals surface area contributed by atoms with E-state index in [4.69, 9.17) is 14.7 Å². The van der Waals surface area contributed by atoms with Crippen LogP contribution in [-0.2, 0) is 0 Å². The van der Waals surface area contributed by atoms with Crippen LogP contribution in [0.2, 0.25) is 0 Å². The van der Waals surface area contributed by atoms with Crippen LogP contribution in [0.3, 0.4) is 0 Å². The third-order valence-corrected chi connectivity index (χ3v) is 8.76. The van der Waals surface area contributed by atoms with Gasteiger partial charge in [0.15, 0.2) is 11.6 Å². The minimum absolute atomic E-state index is 0.0566. The van der Waals surface area contributed by atoms with Crippen molar-refractivity contribution in [3.8, 4) is 17.6 Å². The van der Waals surface area contributed by atoms with Crippen molar-refractivity contribution in [3.63, 3.8) is 0 Å². The van der Waals surface area contributed by atoms with Crippen LogP contribution in [0.1, 0.15) is 72.3 Å². The van der Waals surface area contributed by atoms with Crippen molar-refractivity contribution in [2.45, 2.75) is 56.5 Å². The highest BCUT2D eigenvalue weighted by Gasteiger charge is 2.41. The fourth-order valence-electron chi connectivity index (χ4n) is 6.23. The first-order chi connectivity index (χ1) is 17.3. The molecule has 4 unspecified atom stereocenters. The summed E-state index contributed by atoms with van der Waals surface area (Å²) < 4.78 is 68.7. The average molecular weight is 519 g/mol. The van der Waals surface area contributed by atoms with Crippen LogP contribution >= 0.6 is 9.24 Å². The summed E-state index contributed by atoms with van der Waals surface area (Å²) in [6, 6.07) is 3.70. The lowest BCUT2D eigenvalue weighted by Gasteiger charge is -2.44. The predicted octanol–water partition coefficient (Wildman–Crippen LogP) is 6.66. The minimum Gasteiger partial charge on any atom is -0.490 e. The van der Waals surface area contributed by atoms with Crippen LogP contribution in [0.4, 0.5) is 17.6 Å². The van der Waals surface area contributed by atoms with Gasteiger partial charge in [0.1, 0.15) is 40.4 Å². The summed E-state index contributed by atoms with van der Waals surface area (Å²) in [5, 5.41) is 8.76. The van der Waals surface area contributed by atoms with Crippen LogP contribution in [0.15, 0.2) is 18.2 Å².